The molecule has 4 rings (SSSR count). The number of esters is 1. The first-order valence-electron chi connectivity index (χ1n) is 12.5. The van der Waals surface area contributed by atoms with Crippen LogP contribution in [0, 0.1) is 0 Å². The zero-order valence-corrected chi connectivity index (χ0v) is 26.5. The Morgan fingerprint density at radius 1 is 1.07 bits per heavy atom. The predicted octanol–water partition coefficient (Wildman–Crippen LogP) is 6.00. The van der Waals surface area contributed by atoms with E-state index in [1.54, 1.807) is 0 Å². The van der Waals surface area contributed by atoms with Gasteiger partial charge in [0.2, 0.25) is 0 Å². The molecule has 238 valence electrons. The molecule has 11 nitrogen and oxygen atoms in total. The summed E-state index contributed by atoms with van der Waals surface area (Å²) >= 11 is 19.5. The number of aromatic nitrogens is 1. The number of methoxy groups -OCH3 is 2. The third kappa shape index (κ3) is 7.68. The minimum Gasteiger partial charge on any atom is -0.494 e. The first-order valence-corrected chi connectivity index (χ1v) is 14.5. The molecule has 0 radical (unpaired) electrons. The van der Waals surface area contributed by atoms with E-state index in [0.717, 1.165) is 36.6 Å². The number of amides is 2. The zero-order chi connectivity index (χ0) is 33.1. The number of hydrogen-bond acceptors (Lipinski definition) is 10. The van der Waals surface area contributed by atoms with Crippen LogP contribution in [0.4, 0.5) is 24.7 Å². The number of rotatable bonds is 9. The van der Waals surface area contributed by atoms with E-state index >= 15 is 0 Å². The van der Waals surface area contributed by atoms with Crippen LogP contribution in [0.25, 0.3) is 0 Å². The molecule has 0 bridgehead atoms. The third-order valence-corrected chi connectivity index (χ3v) is 8.23. The highest BCUT2D eigenvalue weighted by atomic mass is 35.5. The Kier molecular flexibility index (Phi) is 10.6. The van der Waals surface area contributed by atoms with Gasteiger partial charge in [0, 0.05) is 37.1 Å². The molecule has 1 aliphatic rings. The molecule has 1 atom stereocenters. The van der Waals surface area contributed by atoms with Crippen molar-refractivity contribution in [2.45, 2.75) is 19.0 Å². The van der Waals surface area contributed by atoms with Crippen molar-refractivity contribution < 1.29 is 37.0 Å². The van der Waals surface area contributed by atoms with E-state index in [4.69, 9.17) is 39.5 Å². The molecule has 0 spiro atoms. The molecule has 2 aromatic heterocycles. The fraction of sp³-hybridized carbons (Fsp3) is 0.222. The van der Waals surface area contributed by atoms with Crippen LogP contribution >= 0.6 is 46.1 Å². The van der Waals surface area contributed by atoms with Crippen molar-refractivity contribution in [2.75, 3.05) is 31.9 Å². The second kappa shape index (κ2) is 14.0. The fourth-order valence-corrected chi connectivity index (χ4v) is 5.71. The molecular formula is C27H22Cl3F3N6O5S. The summed E-state index contributed by atoms with van der Waals surface area (Å²) in [4.78, 5) is 47.2. The summed E-state index contributed by atoms with van der Waals surface area (Å²) < 4.78 is 51.1. The van der Waals surface area contributed by atoms with Gasteiger partial charge in [0.05, 0.1) is 35.5 Å². The van der Waals surface area contributed by atoms with Crippen LogP contribution in [-0.4, -0.2) is 67.6 Å². The van der Waals surface area contributed by atoms with Gasteiger partial charge in [0.25, 0.3) is 11.8 Å². The molecule has 3 N–H and O–H groups in total. The molecule has 1 unspecified atom stereocenters. The quantitative estimate of drug-likeness (QED) is 0.231. The zero-order valence-electron chi connectivity index (χ0n) is 23.4. The summed E-state index contributed by atoms with van der Waals surface area (Å²) in [6, 6.07) is 5.74. The van der Waals surface area contributed by atoms with E-state index in [0.29, 0.717) is 10.6 Å². The second-order valence-electron chi connectivity index (χ2n) is 9.10. The highest BCUT2D eigenvalue weighted by Gasteiger charge is 2.44. The van der Waals surface area contributed by atoms with Crippen LogP contribution in [0.15, 0.2) is 52.1 Å². The van der Waals surface area contributed by atoms with Gasteiger partial charge in [-0.05, 0) is 29.1 Å². The van der Waals surface area contributed by atoms with Gasteiger partial charge in [-0.3, -0.25) is 19.9 Å². The average Bonchev–Trinajstić information content (AvgIpc) is 3.36. The van der Waals surface area contributed by atoms with Crippen molar-refractivity contribution in [3.05, 3.63) is 78.2 Å². The van der Waals surface area contributed by atoms with Gasteiger partial charge in [-0.2, -0.15) is 13.2 Å². The summed E-state index contributed by atoms with van der Waals surface area (Å²) in [5.41, 5.74) is -1.65. The van der Waals surface area contributed by atoms with E-state index in [9.17, 15) is 27.6 Å². The summed E-state index contributed by atoms with van der Waals surface area (Å²) in [5, 5.41) is 10.1. The van der Waals surface area contributed by atoms with Crippen LogP contribution in [-0.2, 0) is 16.1 Å². The number of allylic oxidation sites excluding steroid dienone is 1. The largest absolute Gasteiger partial charge is 0.494 e. The van der Waals surface area contributed by atoms with Crippen molar-refractivity contribution in [3.8, 4) is 5.75 Å². The Hall–Kier alpha value is -3.89. The monoisotopic (exact) mass is 704 g/mol. The molecule has 3 aromatic rings. The molecule has 45 heavy (non-hydrogen) atoms. The Morgan fingerprint density at radius 2 is 1.80 bits per heavy atom. The number of hydrogen-bond donors (Lipinski definition) is 3. The Morgan fingerprint density at radius 3 is 2.42 bits per heavy atom. The molecule has 0 saturated carbocycles. The summed E-state index contributed by atoms with van der Waals surface area (Å²) in [7, 11) is 3.40. The standard InChI is InChI=1S/C27H22Cl3F3N6O5S/c1-39-22(27(31,32)33)16(25(42)44-3)10-36-26(39)35-8-12-11-45-21(19(12)30)24(41)38-20-15(6-14(29)7-17(20)43-2)23(40)37-18-5-4-13(28)9-34-18/h4-7,9-11,26,35H,8H2,1-3H3,(H,38,41)(H,34,37,40). The lowest BCUT2D eigenvalue weighted by Gasteiger charge is -2.34. The molecule has 0 fully saturated rings. The van der Waals surface area contributed by atoms with Crippen molar-refractivity contribution in [2.24, 2.45) is 4.99 Å². The van der Waals surface area contributed by atoms with Gasteiger partial charge >= 0.3 is 12.1 Å². The molecule has 18 heteroatoms. The second-order valence-corrected chi connectivity index (χ2v) is 11.2. The normalized spacial score (nSPS) is 14.8. The van der Waals surface area contributed by atoms with Crippen molar-refractivity contribution >= 4 is 81.6 Å². The molecule has 2 amide bonds. The van der Waals surface area contributed by atoms with E-state index in [2.05, 4.69) is 30.7 Å². The number of halogens is 6. The number of benzene rings is 1. The van der Waals surface area contributed by atoms with Crippen molar-refractivity contribution in [1.29, 1.82) is 0 Å². The van der Waals surface area contributed by atoms with Crippen LogP contribution in [0.1, 0.15) is 25.6 Å². The van der Waals surface area contributed by atoms with Crippen LogP contribution < -0.4 is 20.7 Å². The molecule has 0 saturated heterocycles. The first-order chi connectivity index (χ1) is 21.2. The lowest BCUT2D eigenvalue weighted by molar-refractivity contribution is -0.138. The van der Waals surface area contributed by atoms with Gasteiger partial charge in [-0.25, -0.2) is 9.78 Å². The van der Waals surface area contributed by atoms with Gasteiger partial charge in [-0.1, -0.05) is 34.8 Å². The van der Waals surface area contributed by atoms with Gasteiger partial charge < -0.3 is 25.0 Å². The minimum atomic E-state index is -4.88. The molecule has 1 aromatic carbocycles. The van der Waals surface area contributed by atoms with E-state index < -0.39 is 41.5 Å². The molecule has 1 aliphatic heterocycles. The highest BCUT2D eigenvalue weighted by molar-refractivity contribution is 7.13. The van der Waals surface area contributed by atoms with E-state index in [1.807, 2.05) is 0 Å². The SMILES string of the molecule is COC(=O)C1=C(C(F)(F)F)N(C)C(NCc2csc(C(=O)Nc3c(OC)cc(Cl)cc3C(=O)Nc3ccc(Cl)cn3)c2Cl)N=C1. The lowest BCUT2D eigenvalue weighted by atomic mass is 10.1. The smallest absolute Gasteiger partial charge is 0.432 e. The third-order valence-electron chi connectivity index (χ3n) is 6.21. The van der Waals surface area contributed by atoms with Gasteiger partial charge in [0.15, 0.2) is 6.29 Å². The van der Waals surface area contributed by atoms with E-state index in [-0.39, 0.29) is 44.3 Å². The molecule has 3 heterocycles. The van der Waals surface area contributed by atoms with E-state index in [1.165, 1.54) is 43.0 Å². The number of aliphatic imine (C=N–C) groups is 1. The Labute approximate surface area is 273 Å². The minimum absolute atomic E-state index is 0.00597. The summed E-state index contributed by atoms with van der Waals surface area (Å²) in [6.45, 7) is -0.0976. The number of pyridine rings is 1. The average molecular weight is 706 g/mol. The summed E-state index contributed by atoms with van der Waals surface area (Å²) in [6.07, 6.45) is -3.97. The number of thiophene rings is 1. The number of nitrogens with one attached hydrogen (secondary N) is 3. The number of anilines is 2. The Balaban J connectivity index is 1.53. The van der Waals surface area contributed by atoms with Crippen LogP contribution in [0.2, 0.25) is 15.1 Å². The predicted molar refractivity (Wildman–Crippen MR) is 164 cm³/mol. The molecular weight excluding hydrogens is 684 g/mol. The maximum atomic E-state index is 13.8. The maximum absolute atomic E-state index is 13.8. The van der Waals surface area contributed by atoms with Crippen LogP contribution in [0.3, 0.4) is 0 Å². The van der Waals surface area contributed by atoms with Gasteiger partial charge in [-0.15, -0.1) is 11.3 Å². The summed E-state index contributed by atoms with van der Waals surface area (Å²) in [5.74, 6) is -2.28. The fourth-order valence-electron chi connectivity index (χ4n) is 4.13. The highest BCUT2D eigenvalue weighted by Crippen LogP contribution is 2.36. The molecule has 0 aliphatic carbocycles. The lowest BCUT2D eigenvalue weighted by Crippen LogP contribution is -2.48. The number of ether oxygens (including phenoxy) is 2. The van der Waals surface area contributed by atoms with Crippen LogP contribution in [0.5, 0.6) is 5.75 Å². The topological polar surface area (TPSA) is 134 Å². The number of alkyl halides is 3. The van der Waals surface area contributed by atoms with Gasteiger partial charge in [0.1, 0.15) is 27.7 Å². The number of carbonyl (C=O) groups excluding carboxylic acids is 3. The van der Waals surface area contributed by atoms with Crippen molar-refractivity contribution in [1.82, 2.24) is 15.2 Å². The maximum Gasteiger partial charge on any atom is 0.432 e. The Bertz CT molecular complexity index is 1700. The van der Waals surface area contributed by atoms with Crippen molar-refractivity contribution in [3.63, 3.8) is 0 Å². The number of carbonyl (C=O) groups is 3. The first kappa shape index (κ1) is 34.0. The number of nitrogens with zero attached hydrogens (tertiary/aromatic N) is 3.